The third kappa shape index (κ3) is 3.19. The molecule has 23 heavy (non-hydrogen) atoms. The second-order valence-electron chi connectivity index (χ2n) is 4.71. The minimum absolute atomic E-state index is 0.00982. The predicted molar refractivity (Wildman–Crippen MR) is 77.0 cm³/mol. The highest BCUT2D eigenvalue weighted by atomic mass is 35.5. The zero-order chi connectivity index (χ0) is 16.6. The van der Waals surface area contributed by atoms with Gasteiger partial charge in [-0.15, -0.1) is 0 Å². The molecule has 0 aliphatic carbocycles. The number of benzene rings is 2. The van der Waals surface area contributed by atoms with Crippen molar-refractivity contribution in [1.82, 2.24) is 0 Å². The molecule has 1 aliphatic heterocycles. The number of hydrogen-bond acceptors (Lipinski definition) is 3. The molecule has 0 atom stereocenters. The van der Waals surface area contributed by atoms with Crippen molar-refractivity contribution in [3.63, 3.8) is 0 Å². The highest BCUT2D eigenvalue weighted by molar-refractivity contribution is 6.31. The lowest BCUT2D eigenvalue weighted by atomic mass is 10.1. The van der Waals surface area contributed by atoms with Crippen LogP contribution in [0.25, 0.3) is 0 Å². The summed E-state index contributed by atoms with van der Waals surface area (Å²) in [6.07, 6.45) is -4.60. The normalized spacial score (nSPS) is 13.0. The number of fused-ring (bicyclic) bond motifs is 1. The van der Waals surface area contributed by atoms with Gasteiger partial charge in [0.15, 0.2) is 11.5 Å². The molecule has 4 nitrogen and oxygen atoms in total. The summed E-state index contributed by atoms with van der Waals surface area (Å²) in [4.78, 5) is 12.1. The Balaban J connectivity index is 1.83. The van der Waals surface area contributed by atoms with E-state index in [2.05, 4.69) is 5.32 Å². The standard InChI is InChI=1S/C15H9ClF3NO3/c16-11-3-2-9(6-10(11)15(17,18)19)20-14(21)8-1-4-12-13(5-8)23-7-22-12/h1-6H,7H2,(H,20,21). The Bertz CT molecular complexity index is 777. The van der Waals surface area contributed by atoms with Gasteiger partial charge >= 0.3 is 6.18 Å². The minimum atomic E-state index is -4.60. The van der Waals surface area contributed by atoms with Gasteiger partial charge in [-0.2, -0.15) is 13.2 Å². The van der Waals surface area contributed by atoms with E-state index in [0.29, 0.717) is 11.5 Å². The molecule has 0 saturated heterocycles. The van der Waals surface area contributed by atoms with E-state index in [1.807, 2.05) is 0 Å². The summed E-state index contributed by atoms with van der Waals surface area (Å²) in [5.74, 6) is 0.343. The van der Waals surface area contributed by atoms with Gasteiger partial charge in [0.25, 0.3) is 5.91 Å². The van der Waals surface area contributed by atoms with Crippen LogP contribution < -0.4 is 14.8 Å². The number of halogens is 4. The third-order valence-corrected chi connectivity index (χ3v) is 3.49. The van der Waals surface area contributed by atoms with Crippen molar-refractivity contribution in [2.24, 2.45) is 0 Å². The lowest BCUT2D eigenvalue weighted by Crippen LogP contribution is -2.13. The highest BCUT2D eigenvalue weighted by Gasteiger charge is 2.33. The number of hydrogen-bond donors (Lipinski definition) is 1. The van der Waals surface area contributed by atoms with Gasteiger partial charge in [-0.05, 0) is 36.4 Å². The van der Waals surface area contributed by atoms with Gasteiger partial charge < -0.3 is 14.8 Å². The molecule has 120 valence electrons. The summed E-state index contributed by atoms with van der Waals surface area (Å²) < 4.78 is 48.7. The second kappa shape index (κ2) is 5.66. The number of nitrogens with one attached hydrogen (secondary N) is 1. The van der Waals surface area contributed by atoms with Gasteiger partial charge in [-0.25, -0.2) is 0 Å². The molecule has 0 saturated carbocycles. The summed E-state index contributed by atoms with van der Waals surface area (Å²) in [6.45, 7) is 0.0620. The van der Waals surface area contributed by atoms with Gasteiger partial charge in [0.2, 0.25) is 6.79 Å². The molecule has 3 rings (SSSR count). The van der Waals surface area contributed by atoms with Crippen LogP contribution in [0.3, 0.4) is 0 Å². The van der Waals surface area contributed by atoms with Gasteiger partial charge in [-0.3, -0.25) is 4.79 Å². The Morgan fingerprint density at radius 3 is 2.57 bits per heavy atom. The molecule has 0 spiro atoms. The lowest BCUT2D eigenvalue weighted by Gasteiger charge is -2.12. The van der Waals surface area contributed by atoms with Crippen molar-refractivity contribution in [1.29, 1.82) is 0 Å². The van der Waals surface area contributed by atoms with Crippen LogP contribution in [0.1, 0.15) is 15.9 Å². The summed E-state index contributed by atoms with van der Waals surface area (Å²) >= 11 is 5.54. The SMILES string of the molecule is O=C(Nc1ccc(Cl)c(C(F)(F)F)c1)c1ccc2c(c1)OCO2. The number of carbonyl (C=O) groups is 1. The van der Waals surface area contributed by atoms with Crippen LogP contribution in [0.4, 0.5) is 18.9 Å². The molecular weight excluding hydrogens is 335 g/mol. The van der Waals surface area contributed by atoms with Crippen molar-refractivity contribution in [3.8, 4) is 11.5 Å². The number of carbonyl (C=O) groups excluding carboxylic acids is 1. The molecule has 0 bridgehead atoms. The maximum atomic E-state index is 12.8. The van der Waals surface area contributed by atoms with Crippen LogP contribution in [-0.2, 0) is 6.18 Å². The summed E-state index contributed by atoms with van der Waals surface area (Å²) in [5.41, 5.74) is -0.787. The number of rotatable bonds is 2. The topological polar surface area (TPSA) is 47.6 Å². The van der Waals surface area contributed by atoms with E-state index in [1.165, 1.54) is 18.2 Å². The maximum Gasteiger partial charge on any atom is 0.417 e. The molecule has 1 heterocycles. The molecule has 1 aliphatic rings. The maximum absolute atomic E-state index is 12.8. The first-order chi connectivity index (χ1) is 10.8. The molecule has 0 unspecified atom stereocenters. The zero-order valence-electron chi connectivity index (χ0n) is 11.4. The molecular formula is C15H9ClF3NO3. The molecule has 0 fully saturated rings. The van der Waals surface area contributed by atoms with E-state index < -0.39 is 22.7 Å². The van der Waals surface area contributed by atoms with Crippen molar-refractivity contribution in [2.45, 2.75) is 6.18 Å². The van der Waals surface area contributed by atoms with Crippen molar-refractivity contribution in [2.75, 3.05) is 12.1 Å². The van der Waals surface area contributed by atoms with E-state index in [0.717, 1.165) is 12.1 Å². The fraction of sp³-hybridized carbons (Fsp3) is 0.133. The first-order valence-electron chi connectivity index (χ1n) is 6.42. The molecule has 0 aromatic heterocycles. The molecule has 1 amide bonds. The van der Waals surface area contributed by atoms with E-state index >= 15 is 0 Å². The smallest absolute Gasteiger partial charge is 0.417 e. The molecule has 0 radical (unpaired) electrons. The van der Waals surface area contributed by atoms with Gasteiger partial charge in [0, 0.05) is 11.3 Å². The first-order valence-corrected chi connectivity index (χ1v) is 6.80. The number of alkyl halides is 3. The highest BCUT2D eigenvalue weighted by Crippen LogP contribution is 2.36. The summed E-state index contributed by atoms with van der Waals surface area (Å²) in [5, 5.41) is 1.96. The summed E-state index contributed by atoms with van der Waals surface area (Å²) in [7, 11) is 0. The van der Waals surface area contributed by atoms with Crippen LogP contribution in [0.2, 0.25) is 5.02 Å². The van der Waals surface area contributed by atoms with E-state index in [-0.39, 0.29) is 18.0 Å². The van der Waals surface area contributed by atoms with Crippen LogP contribution in [0.5, 0.6) is 11.5 Å². The van der Waals surface area contributed by atoms with E-state index in [1.54, 1.807) is 6.07 Å². The second-order valence-corrected chi connectivity index (χ2v) is 5.12. The van der Waals surface area contributed by atoms with Gasteiger partial charge in [0.1, 0.15) is 0 Å². The molecule has 2 aromatic rings. The Hall–Kier alpha value is -2.41. The van der Waals surface area contributed by atoms with Crippen LogP contribution in [0.15, 0.2) is 36.4 Å². The first kappa shape index (κ1) is 15.5. The van der Waals surface area contributed by atoms with E-state index in [4.69, 9.17) is 21.1 Å². The van der Waals surface area contributed by atoms with Crippen LogP contribution >= 0.6 is 11.6 Å². The minimum Gasteiger partial charge on any atom is -0.454 e. The molecule has 2 aromatic carbocycles. The fourth-order valence-corrected chi connectivity index (χ4v) is 2.29. The average molecular weight is 344 g/mol. The Morgan fingerprint density at radius 2 is 1.83 bits per heavy atom. The Morgan fingerprint density at radius 1 is 1.09 bits per heavy atom. The molecule has 1 N–H and O–H groups in total. The van der Waals surface area contributed by atoms with Crippen LogP contribution in [0, 0.1) is 0 Å². The van der Waals surface area contributed by atoms with Crippen LogP contribution in [-0.4, -0.2) is 12.7 Å². The molecule has 8 heteroatoms. The van der Waals surface area contributed by atoms with Crippen molar-refractivity contribution < 1.29 is 27.4 Å². The number of ether oxygens (including phenoxy) is 2. The Labute approximate surface area is 133 Å². The largest absolute Gasteiger partial charge is 0.454 e. The Kier molecular flexibility index (Phi) is 3.81. The average Bonchev–Trinajstić information content (AvgIpc) is 2.95. The summed E-state index contributed by atoms with van der Waals surface area (Å²) in [6, 6.07) is 7.66. The predicted octanol–water partition coefficient (Wildman–Crippen LogP) is 4.34. The number of amides is 1. The third-order valence-electron chi connectivity index (χ3n) is 3.16. The zero-order valence-corrected chi connectivity index (χ0v) is 12.2. The monoisotopic (exact) mass is 343 g/mol. The van der Waals surface area contributed by atoms with Crippen molar-refractivity contribution in [3.05, 3.63) is 52.5 Å². The van der Waals surface area contributed by atoms with E-state index in [9.17, 15) is 18.0 Å². The van der Waals surface area contributed by atoms with Gasteiger partial charge in [-0.1, -0.05) is 11.6 Å². The lowest BCUT2D eigenvalue weighted by molar-refractivity contribution is -0.137. The van der Waals surface area contributed by atoms with Crippen molar-refractivity contribution >= 4 is 23.2 Å². The number of anilines is 1. The fourth-order valence-electron chi connectivity index (χ4n) is 2.06. The quantitative estimate of drug-likeness (QED) is 0.882. The van der Waals surface area contributed by atoms with Gasteiger partial charge in [0.05, 0.1) is 10.6 Å².